The maximum Gasteiger partial charge on any atom is 0.227 e. The molecule has 5 heteroatoms. The predicted molar refractivity (Wildman–Crippen MR) is 92.3 cm³/mol. The number of methoxy groups -OCH3 is 1. The summed E-state index contributed by atoms with van der Waals surface area (Å²) in [6.07, 6.45) is 3.47. The summed E-state index contributed by atoms with van der Waals surface area (Å²) < 4.78 is 6.36. The van der Waals surface area contributed by atoms with Crippen molar-refractivity contribution in [3.63, 3.8) is 0 Å². The topological polar surface area (TPSA) is 41.6 Å². The highest BCUT2D eigenvalue weighted by Gasteiger charge is 2.25. The van der Waals surface area contributed by atoms with Crippen molar-refractivity contribution in [3.05, 3.63) is 28.2 Å². The Balaban J connectivity index is 2.12. The van der Waals surface area contributed by atoms with Gasteiger partial charge in [0.1, 0.15) is 5.75 Å². The number of amides is 1. The highest BCUT2D eigenvalue weighted by molar-refractivity contribution is 9.10. The smallest absolute Gasteiger partial charge is 0.227 e. The number of hydrogen-bond donors (Lipinski definition) is 1. The maximum atomic E-state index is 12.8. The van der Waals surface area contributed by atoms with Crippen LogP contribution in [0.25, 0.3) is 0 Å². The average Bonchev–Trinajstić information content (AvgIpc) is 2.53. The summed E-state index contributed by atoms with van der Waals surface area (Å²) in [4.78, 5) is 14.9. The number of hydrogen-bond acceptors (Lipinski definition) is 3. The van der Waals surface area contributed by atoms with Crippen LogP contribution in [-0.4, -0.2) is 43.6 Å². The molecule has 1 aromatic rings. The lowest BCUT2D eigenvalue weighted by Gasteiger charge is -2.34. The van der Waals surface area contributed by atoms with Gasteiger partial charge in [0.25, 0.3) is 0 Å². The zero-order valence-corrected chi connectivity index (χ0v) is 15.0. The molecule has 0 spiro atoms. The molecule has 0 atom stereocenters. The quantitative estimate of drug-likeness (QED) is 0.838. The first-order chi connectivity index (χ1) is 10.7. The Kier molecular flexibility index (Phi) is 6.70. The fourth-order valence-electron chi connectivity index (χ4n) is 3.02. The molecular formula is C17H25BrN2O2. The molecule has 1 aliphatic rings. The normalized spacial score (nSPS) is 15.6. The molecule has 0 aromatic heterocycles. The number of benzene rings is 1. The van der Waals surface area contributed by atoms with E-state index >= 15 is 0 Å². The first-order valence-corrected chi connectivity index (χ1v) is 8.77. The largest absolute Gasteiger partial charge is 0.496 e. The van der Waals surface area contributed by atoms with Crippen molar-refractivity contribution in [2.45, 2.75) is 38.6 Å². The third kappa shape index (κ3) is 4.46. The molecule has 2 rings (SSSR count). The van der Waals surface area contributed by atoms with Crippen LogP contribution in [0.15, 0.2) is 22.7 Å². The van der Waals surface area contributed by atoms with Gasteiger partial charge in [-0.25, -0.2) is 0 Å². The Bertz CT molecular complexity index is 501. The molecule has 1 heterocycles. The summed E-state index contributed by atoms with van der Waals surface area (Å²) in [7, 11) is 1.65. The van der Waals surface area contributed by atoms with Gasteiger partial charge in [-0.15, -0.1) is 0 Å². The van der Waals surface area contributed by atoms with E-state index in [0.29, 0.717) is 12.5 Å². The Labute approximate surface area is 141 Å². The number of nitrogens with one attached hydrogen (secondary N) is 1. The zero-order valence-electron chi connectivity index (χ0n) is 13.4. The van der Waals surface area contributed by atoms with Gasteiger partial charge in [-0.1, -0.05) is 22.9 Å². The molecule has 4 nitrogen and oxygen atoms in total. The van der Waals surface area contributed by atoms with Gasteiger partial charge >= 0.3 is 0 Å². The molecule has 1 amide bonds. The molecule has 1 saturated heterocycles. The van der Waals surface area contributed by atoms with Crippen molar-refractivity contribution in [1.82, 2.24) is 10.2 Å². The van der Waals surface area contributed by atoms with Gasteiger partial charge in [0.15, 0.2) is 0 Å². The van der Waals surface area contributed by atoms with E-state index in [1.807, 2.05) is 18.2 Å². The number of ether oxygens (including phenoxy) is 1. The molecular weight excluding hydrogens is 344 g/mol. The predicted octanol–water partition coefficient (Wildman–Crippen LogP) is 2.99. The van der Waals surface area contributed by atoms with E-state index in [1.54, 1.807) is 7.11 Å². The van der Waals surface area contributed by atoms with Crippen molar-refractivity contribution >= 4 is 21.8 Å². The zero-order chi connectivity index (χ0) is 15.9. The van der Waals surface area contributed by atoms with Crippen LogP contribution in [0.5, 0.6) is 5.75 Å². The second-order valence-corrected chi connectivity index (χ2v) is 6.62. The molecule has 1 fully saturated rings. The minimum Gasteiger partial charge on any atom is -0.496 e. The van der Waals surface area contributed by atoms with Crippen molar-refractivity contribution < 1.29 is 9.53 Å². The lowest BCUT2D eigenvalue weighted by atomic mass is 10.0. The molecule has 0 unspecified atom stereocenters. The van der Waals surface area contributed by atoms with Crippen molar-refractivity contribution in [1.29, 1.82) is 0 Å². The Hall–Kier alpha value is -1.07. The first kappa shape index (κ1) is 17.3. The van der Waals surface area contributed by atoms with Crippen molar-refractivity contribution in [3.8, 4) is 5.75 Å². The maximum absolute atomic E-state index is 12.8. The van der Waals surface area contributed by atoms with Crippen LogP contribution in [0.3, 0.4) is 0 Å². The number of nitrogens with zero attached hydrogens (tertiary/aromatic N) is 1. The number of carbonyl (C=O) groups is 1. The first-order valence-electron chi connectivity index (χ1n) is 7.98. The average molecular weight is 369 g/mol. The lowest BCUT2D eigenvalue weighted by molar-refractivity contribution is -0.133. The van der Waals surface area contributed by atoms with Gasteiger partial charge in [-0.3, -0.25) is 4.79 Å². The molecule has 1 aliphatic heterocycles. The SMILES string of the molecule is CCCN(C(=O)Cc1cc(Br)ccc1OC)C1CCNCC1. The fraction of sp³-hybridized carbons (Fsp3) is 0.588. The molecule has 1 aromatic carbocycles. The second-order valence-electron chi connectivity index (χ2n) is 5.70. The van der Waals surface area contributed by atoms with Gasteiger partial charge < -0.3 is 15.0 Å². The van der Waals surface area contributed by atoms with E-state index in [4.69, 9.17) is 4.74 Å². The summed E-state index contributed by atoms with van der Waals surface area (Å²) in [5.74, 6) is 0.975. The number of piperidine rings is 1. The number of halogens is 1. The van der Waals surface area contributed by atoms with Crippen LogP contribution in [0.4, 0.5) is 0 Å². The molecule has 1 N–H and O–H groups in total. The van der Waals surface area contributed by atoms with E-state index in [1.165, 1.54) is 0 Å². The van der Waals surface area contributed by atoms with Crippen LogP contribution < -0.4 is 10.1 Å². The molecule has 0 aliphatic carbocycles. The van der Waals surface area contributed by atoms with Gasteiger partial charge in [-0.2, -0.15) is 0 Å². The molecule has 0 bridgehead atoms. The summed E-state index contributed by atoms with van der Waals surface area (Å²) in [5, 5.41) is 3.36. The van der Waals surface area contributed by atoms with Crippen LogP contribution in [0, 0.1) is 0 Å². The number of carbonyl (C=O) groups excluding carboxylic acids is 1. The fourth-order valence-corrected chi connectivity index (χ4v) is 3.43. The third-order valence-electron chi connectivity index (χ3n) is 4.12. The molecule has 22 heavy (non-hydrogen) atoms. The molecule has 0 radical (unpaired) electrons. The van der Waals surface area contributed by atoms with Crippen molar-refractivity contribution in [2.24, 2.45) is 0 Å². The lowest BCUT2D eigenvalue weighted by Crippen LogP contribution is -2.47. The monoisotopic (exact) mass is 368 g/mol. The van der Waals surface area contributed by atoms with Crippen LogP contribution in [0.2, 0.25) is 0 Å². The van der Waals surface area contributed by atoms with Gasteiger partial charge in [-0.05, 0) is 50.6 Å². The Morgan fingerprint density at radius 1 is 1.41 bits per heavy atom. The molecule has 0 saturated carbocycles. The van der Waals surface area contributed by atoms with Crippen molar-refractivity contribution in [2.75, 3.05) is 26.7 Å². The van der Waals surface area contributed by atoms with Gasteiger partial charge in [0.05, 0.1) is 13.5 Å². The summed E-state index contributed by atoms with van der Waals surface area (Å²) in [5.41, 5.74) is 0.942. The van der Waals surface area contributed by atoms with Crippen LogP contribution >= 0.6 is 15.9 Å². The van der Waals surface area contributed by atoms with Gasteiger partial charge in [0.2, 0.25) is 5.91 Å². The standard InChI is InChI=1S/C17H25BrN2O2/c1-3-10-20(15-6-8-19-9-7-15)17(21)12-13-11-14(18)4-5-16(13)22-2/h4-5,11,15,19H,3,6-10,12H2,1-2H3. The summed E-state index contributed by atoms with van der Waals surface area (Å²) in [6.45, 7) is 4.96. The molecule has 122 valence electrons. The Morgan fingerprint density at radius 2 is 2.14 bits per heavy atom. The van der Waals surface area contributed by atoms with E-state index in [-0.39, 0.29) is 5.91 Å². The number of rotatable bonds is 6. The summed E-state index contributed by atoms with van der Waals surface area (Å²) in [6, 6.07) is 6.18. The van der Waals surface area contributed by atoms with Gasteiger partial charge in [0, 0.05) is 22.6 Å². The minimum absolute atomic E-state index is 0.199. The second kappa shape index (κ2) is 8.53. The third-order valence-corrected chi connectivity index (χ3v) is 4.61. The summed E-state index contributed by atoms with van der Waals surface area (Å²) >= 11 is 3.47. The minimum atomic E-state index is 0.199. The highest BCUT2D eigenvalue weighted by atomic mass is 79.9. The van der Waals surface area contributed by atoms with Crippen LogP contribution in [-0.2, 0) is 11.2 Å². The van der Waals surface area contributed by atoms with E-state index in [0.717, 1.165) is 54.7 Å². The highest BCUT2D eigenvalue weighted by Crippen LogP contribution is 2.24. The Morgan fingerprint density at radius 3 is 2.77 bits per heavy atom. The van der Waals surface area contributed by atoms with Crippen LogP contribution in [0.1, 0.15) is 31.7 Å². The van der Waals surface area contributed by atoms with E-state index in [2.05, 4.69) is 33.1 Å². The van der Waals surface area contributed by atoms with E-state index < -0.39 is 0 Å². The van der Waals surface area contributed by atoms with E-state index in [9.17, 15) is 4.79 Å².